The van der Waals surface area contributed by atoms with Crippen molar-refractivity contribution in [2.45, 2.75) is 13.5 Å². The van der Waals surface area contributed by atoms with Gasteiger partial charge >= 0.3 is 5.69 Å². The fourth-order valence-corrected chi connectivity index (χ4v) is 2.28. The van der Waals surface area contributed by atoms with Gasteiger partial charge in [-0.15, -0.1) is 0 Å². The molecule has 18 heavy (non-hydrogen) atoms. The van der Waals surface area contributed by atoms with Crippen molar-refractivity contribution in [3.05, 3.63) is 57.2 Å². The normalized spacial score (nSPS) is 11.2. The molecule has 0 amide bonds. The maximum absolute atomic E-state index is 12.2. The van der Waals surface area contributed by atoms with E-state index in [0.29, 0.717) is 17.4 Å². The summed E-state index contributed by atoms with van der Waals surface area (Å²) < 4.78 is 1.21. The van der Waals surface area contributed by atoms with E-state index in [1.165, 1.54) is 4.57 Å². The Morgan fingerprint density at radius 3 is 2.61 bits per heavy atom. The zero-order valence-electron chi connectivity index (χ0n) is 9.93. The monoisotopic (exact) mass is 240 g/mol. The number of H-pyrrole nitrogens is 1. The smallest absolute Gasteiger partial charge is 0.306 e. The molecule has 2 aromatic carbocycles. The fourth-order valence-electron chi connectivity index (χ4n) is 2.28. The SMILES string of the molecule is CCn1c(=O)[nH]c2c(ccc3ccccc32)c1=O. The van der Waals surface area contributed by atoms with Crippen molar-refractivity contribution in [3.63, 3.8) is 0 Å². The second kappa shape index (κ2) is 3.84. The van der Waals surface area contributed by atoms with Crippen LogP contribution in [0.5, 0.6) is 0 Å². The summed E-state index contributed by atoms with van der Waals surface area (Å²) in [6.07, 6.45) is 0. The van der Waals surface area contributed by atoms with Crippen LogP contribution in [0.15, 0.2) is 46.0 Å². The van der Waals surface area contributed by atoms with E-state index < -0.39 is 0 Å². The summed E-state index contributed by atoms with van der Waals surface area (Å²) >= 11 is 0. The predicted octanol–water partition coefficient (Wildman–Crippen LogP) is 1.86. The van der Waals surface area contributed by atoms with Crippen LogP contribution >= 0.6 is 0 Å². The standard InChI is InChI=1S/C14H12N2O2/c1-2-16-13(17)11-8-7-9-5-3-4-6-10(9)12(11)15-14(16)18/h3-8H,2H2,1H3,(H,15,18). The number of hydrogen-bond donors (Lipinski definition) is 1. The summed E-state index contributed by atoms with van der Waals surface area (Å²) in [6, 6.07) is 11.4. The lowest BCUT2D eigenvalue weighted by atomic mass is 10.1. The van der Waals surface area contributed by atoms with Gasteiger partial charge in [-0.25, -0.2) is 4.79 Å². The fraction of sp³-hybridized carbons (Fsp3) is 0.143. The Labute approximate surface area is 102 Å². The molecule has 4 heteroatoms. The Hall–Kier alpha value is -2.36. The Kier molecular flexibility index (Phi) is 2.30. The summed E-state index contributed by atoms with van der Waals surface area (Å²) in [5, 5.41) is 2.46. The molecule has 0 aliphatic rings. The molecule has 0 aliphatic carbocycles. The van der Waals surface area contributed by atoms with E-state index in [0.717, 1.165) is 10.8 Å². The first kappa shape index (κ1) is 10.8. The van der Waals surface area contributed by atoms with Crippen molar-refractivity contribution in [1.29, 1.82) is 0 Å². The van der Waals surface area contributed by atoms with Gasteiger partial charge in [0.15, 0.2) is 0 Å². The third kappa shape index (κ3) is 1.39. The Bertz CT molecular complexity index is 859. The number of aromatic nitrogens is 2. The molecule has 1 heterocycles. The minimum Gasteiger partial charge on any atom is -0.306 e. The van der Waals surface area contributed by atoms with Crippen molar-refractivity contribution in [2.75, 3.05) is 0 Å². The van der Waals surface area contributed by atoms with Gasteiger partial charge in [0.05, 0.1) is 10.9 Å². The van der Waals surface area contributed by atoms with Gasteiger partial charge in [-0.2, -0.15) is 0 Å². The predicted molar refractivity (Wildman–Crippen MR) is 72.0 cm³/mol. The van der Waals surface area contributed by atoms with Crippen molar-refractivity contribution in [3.8, 4) is 0 Å². The highest BCUT2D eigenvalue weighted by Crippen LogP contribution is 2.20. The Balaban J connectivity index is 2.62. The summed E-state index contributed by atoms with van der Waals surface area (Å²) in [7, 11) is 0. The molecule has 0 bridgehead atoms. The van der Waals surface area contributed by atoms with Gasteiger partial charge in [-0.1, -0.05) is 30.3 Å². The number of nitrogens with one attached hydrogen (secondary N) is 1. The highest BCUT2D eigenvalue weighted by molar-refractivity contribution is 6.04. The lowest BCUT2D eigenvalue weighted by molar-refractivity contribution is 0.684. The minimum absolute atomic E-state index is 0.234. The lowest BCUT2D eigenvalue weighted by Gasteiger charge is -2.06. The van der Waals surface area contributed by atoms with Crippen LogP contribution in [-0.2, 0) is 6.54 Å². The van der Waals surface area contributed by atoms with Crippen LogP contribution < -0.4 is 11.2 Å². The summed E-state index contributed by atoms with van der Waals surface area (Å²) in [6.45, 7) is 2.15. The van der Waals surface area contributed by atoms with Crippen molar-refractivity contribution >= 4 is 21.7 Å². The maximum Gasteiger partial charge on any atom is 0.328 e. The molecule has 4 nitrogen and oxygen atoms in total. The number of nitrogens with zero attached hydrogens (tertiary/aromatic N) is 1. The van der Waals surface area contributed by atoms with Crippen LogP contribution in [0.4, 0.5) is 0 Å². The van der Waals surface area contributed by atoms with Crippen molar-refractivity contribution in [1.82, 2.24) is 9.55 Å². The van der Waals surface area contributed by atoms with Gasteiger partial charge in [-0.3, -0.25) is 9.36 Å². The number of rotatable bonds is 1. The van der Waals surface area contributed by atoms with E-state index in [2.05, 4.69) is 4.98 Å². The number of aromatic amines is 1. The Morgan fingerprint density at radius 1 is 1.06 bits per heavy atom. The van der Waals surface area contributed by atoms with Crippen LogP contribution in [0.1, 0.15) is 6.92 Å². The quantitative estimate of drug-likeness (QED) is 0.660. The van der Waals surface area contributed by atoms with Gasteiger partial charge in [0, 0.05) is 11.9 Å². The zero-order valence-corrected chi connectivity index (χ0v) is 9.93. The van der Waals surface area contributed by atoms with Gasteiger partial charge in [0.2, 0.25) is 0 Å². The first-order chi connectivity index (χ1) is 8.72. The second-order valence-corrected chi connectivity index (χ2v) is 4.19. The van der Waals surface area contributed by atoms with Crippen LogP contribution in [0.3, 0.4) is 0 Å². The number of hydrogen-bond acceptors (Lipinski definition) is 2. The summed E-state index contributed by atoms with van der Waals surface area (Å²) in [4.78, 5) is 26.8. The largest absolute Gasteiger partial charge is 0.328 e. The lowest BCUT2D eigenvalue weighted by Crippen LogP contribution is -2.34. The van der Waals surface area contributed by atoms with Crippen LogP contribution in [0.2, 0.25) is 0 Å². The number of benzene rings is 2. The topological polar surface area (TPSA) is 54.9 Å². The van der Waals surface area contributed by atoms with E-state index >= 15 is 0 Å². The first-order valence-corrected chi connectivity index (χ1v) is 5.87. The highest BCUT2D eigenvalue weighted by atomic mass is 16.2. The zero-order chi connectivity index (χ0) is 12.7. The van der Waals surface area contributed by atoms with Crippen molar-refractivity contribution in [2.24, 2.45) is 0 Å². The summed E-state index contributed by atoms with van der Waals surface area (Å²) in [5.74, 6) is 0. The molecule has 1 N–H and O–H groups in total. The van der Waals surface area contributed by atoms with Gasteiger partial charge in [-0.05, 0) is 18.4 Å². The molecule has 0 unspecified atom stereocenters. The van der Waals surface area contributed by atoms with Crippen LogP contribution in [-0.4, -0.2) is 9.55 Å². The molecule has 0 fully saturated rings. The highest BCUT2D eigenvalue weighted by Gasteiger charge is 2.08. The number of fused-ring (bicyclic) bond motifs is 3. The van der Waals surface area contributed by atoms with E-state index in [1.54, 1.807) is 13.0 Å². The molecule has 90 valence electrons. The molecular weight excluding hydrogens is 228 g/mol. The average Bonchev–Trinajstić information content (AvgIpc) is 2.39. The molecule has 0 radical (unpaired) electrons. The molecule has 0 spiro atoms. The molecule has 1 aromatic heterocycles. The maximum atomic E-state index is 12.2. The summed E-state index contributed by atoms with van der Waals surface area (Å²) in [5.41, 5.74) is 0.0288. The third-order valence-corrected chi connectivity index (χ3v) is 3.20. The molecule has 0 aliphatic heterocycles. The van der Waals surface area contributed by atoms with E-state index in [4.69, 9.17) is 0 Å². The van der Waals surface area contributed by atoms with E-state index in [1.807, 2.05) is 30.3 Å². The second-order valence-electron chi connectivity index (χ2n) is 4.19. The van der Waals surface area contributed by atoms with E-state index in [-0.39, 0.29) is 11.2 Å². The van der Waals surface area contributed by atoms with Gasteiger partial charge in [0.25, 0.3) is 5.56 Å². The molecular formula is C14H12N2O2. The first-order valence-electron chi connectivity index (χ1n) is 5.87. The van der Waals surface area contributed by atoms with Crippen molar-refractivity contribution < 1.29 is 0 Å². The van der Waals surface area contributed by atoms with E-state index in [9.17, 15) is 9.59 Å². The molecule has 0 saturated heterocycles. The molecule has 3 aromatic rings. The van der Waals surface area contributed by atoms with Gasteiger partial charge < -0.3 is 4.98 Å². The third-order valence-electron chi connectivity index (χ3n) is 3.20. The van der Waals surface area contributed by atoms with Gasteiger partial charge in [0.1, 0.15) is 0 Å². The van der Waals surface area contributed by atoms with Crippen LogP contribution in [0.25, 0.3) is 21.7 Å². The molecule has 3 rings (SSSR count). The molecule has 0 saturated carbocycles. The Morgan fingerprint density at radius 2 is 1.83 bits per heavy atom. The molecule has 0 atom stereocenters. The minimum atomic E-state index is -0.355. The average molecular weight is 240 g/mol. The van der Waals surface area contributed by atoms with Crippen LogP contribution in [0, 0.1) is 0 Å².